The summed E-state index contributed by atoms with van der Waals surface area (Å²) in [7, 11) is 0. The van der Waals surface area contributed by atoms with E-state index in [2.05, 4.69) is 60.7 Å². The molecule has 0 N–H and O–H groups in total. The third kappa shape index (κ3) is 4.35. The van der Waals surface area contributed by atoms with Gasteiger partial charge in [0.15, 0.2) is 0 Å². The monoisotopic (exact) mass is 540 g/mol. The maximum absolute atomic E-state index is 2.70. The Morgan fingerprint density at radius 1 is 0.514 bits per heavy atom. The smallest absolute Gasteiger partial charge is 1.00 e. The van der Waals surface area contributed by atoms with Crippen LogP contribution in [0.15, 0.2) is 59.7 Å². The summed E-state index contributed by atoms with van der Waals surface area (Å²) >= 11 is -2.20. The largest absolute Gasteiger partial charge is 1.00 e. The van der Waals surface area contributed by atoms with E-state index in [1.165, 1.54) is 64.2 Å². The first-order valence-corrected chi connectivity index (χ1v) is 18.0. The van der Waals surface area contributed by atoms with Crippen LogP contribution >= 0.6 is 0 Å². The number of hydrogen-bond donors (Lipinski definition) is 0. The fraction of sp³-hybridized carbons (Fsp3) is 0.500. The van der Waals surface area contributed by atoms with Gasteiger partial charge in [0, 0.05) is 0 Å². The standard InChI is InChI=1S/2C15H17.C2H4.2ClH.Ti/c2*1-2-6-12(7-3-1)15-10-13-8-4-5-9-14(13)11-15;1-2;;;/h2*4-5,8-12H,1-3,6-7H2;1-2H2;2*1H;/q;;;;;+2/p-2. The zero-order valence-electron chi connectivity index (χ0n) is 20.8. The average molecular weight is 541 g/mol. The minimum absolute atomic E-state index is 0. The number of halogens is 2. The van der Waals surface area contributed by atoms with E-state index in [-0.39, 0.29) is 24.8 Å². The predicted molar refractivity (Wildman–Crippen MR) is 137 cm³/mol. The van der Waals surface area contributed by atoms with Gasteiger partial charge in [-0.15, -0.1) is 0 Å². The van der Waals surface area contributed by atoms with Gasteiger partial charge >= 0.3 is 205 Å². The van der Waals surface area contributed by atoms with Gasteiger partial charge < -0.3 is 24.8 Å². The first kappa shape index (κ1) is 25.8. The van der Waals surface area contributed by atoms with Gasteiger partial charge in [-0.3, -0.25) is 0 Å². The van der Waals surface area contributed by atoms with Crippen molar-refractivity contribution in [1.29, 1.82) is 0 Å². The molecule has 2 unspecified atom stereocenters. The van der Waals surface area contributed by atoms with Crippen molar-refractivity contribution in [2.45, 2.75) is 82.1 Å². The topological polar surface area (TPSA) is 0 Å². The number of fused-ring (bicyclic) bond motifs is 2. The van der Waals surface area contributed by atoms with Gasteiger partial charge in [0.2, 0.25) is 0 Å². The second-order valence-electron chi connectivity index (χ2n) is 11.8. The zero-order chi connectivity index (χ0) is 21.8. The summed E-state index contributed by atoms with van der Waals surface area (Å²) in [4.78, 5) is 0. The van der Waals surface area contributed by atoms with E-state index in [1.807, 2.05) is 11.1 Å². The van der Waals surface area contributed by atoms with E-state index in [0.717, 1.165) is 20.3 Å². The molecule has 184 valence electrons. The molecule has 0 spiro atoms. The molecule has 0 aromatic heterocycles. The Balaban J connectivity index is 0.00000127. The summed E-state index contributed by atoms with van der Waals surface area (Å²) in [6.07, 6.45) is 19.9. The van der Waals surface area contributed by atoms with E-state index in [4.69, 9.17) is 0 Å². The molecular formula is C32H38Cl2Ti. The Morgan fingerprint density at radius 2 is 0.914 bits per heavy atom. The molecule has 3 fully saturated rings. The van der Waals surface area contributed by atoms with Crippen molar-refractivity contribution in [2.24, 2.45) is 11.8 Å². The van der Waals surface area contributed by atoms with Gasteiger partial charge in [-0.2, -0.15) is 0 Å². The van der Waals surface area contributed by atoms with E-state index in [9.17, 15) is 0 Å². The number of benzene rings is 2. The molecule has 4 aliphatic carbocycles. The molecule has 2 aromatic carbocycles. The van der Waals surface area contributed by atoms with Crippen LogP contribution in [0.1, 0.15) is 94.9 Å². The molecule has 1 saturated heterocycles. The summed E-state index contributed by atoms with van der Waals surface area (Å²) < 4.78 is 4.83. The molecular weight excluding hydrogens is 503 g/mol. The Bertz CT molecular complexity index is 1030. The molecule has 0 radical (unpaired) electrons. The minimum atomic E-state index is -2.20. The van der Waals surface area contributed by atoms with Gasteiger partial charge in [0.25, 0.3) is 0 Å². The summed E-state index contributed by atoms with van der Waals surface area (Å²) in [5.41, 5.74) is 10.4. The maximum atomic E-state index is 2.70. The van der Waals surface area contributed by atoms with Crippen LogP contribution in [0.3, 0.4) is 0 Å². The van der Waals surface area contributed by atoms with Crippen LogP contribution in [-0.4, -0.2) is 0 Å². The second kappa shape index (κ2) is 10.5. The zero-order valence-corrected chi connectivity index (χ0v) is 23.9. The van der Waals surface area contributed by atoms with Crippen LogP contribution < -0.4 is 24.8 Å². The molecule has 2 atom stereocenters. The summed E-state index contributed by atoms with van der Waals surface area (Å²) in [5, 5.41) is 0. The minimum Gasteiger partial charge on any atom is -1.00 e. The first-order chi connectivity index (χ1) is 16.4. The number of rotatable bonds is 4. The van der Waals surface area contributed by atoms with Crippen LogP contribution in [0.4, 0.5) is 0 Å². The van der Waals surface area contributed by atoms with Gasteiger partial charge in [-0.25, -0.2) is 0 Å². The van der Waals surface area contributed by atoms with Crippen molar-refractivity contribution in [1.82, 2.24) is 0 Å². The first-order valence-electron chi connectivity index (χ1n) is 14.0. The van der Waals surface area contributed by atoms with Crippen LogP contribution in [-0.2, 0) is 16.6 Å². The molecule has 1 aliphatic heterocycles. The molecule has 7 rings (SSSR count). The SMILES string of the molecule is C1=C(C2CCCCC2)[CH]([Ti+2]2([CH]3C(C4CCCCC4)=Cc4ccccc43)[CH2][CH2]2)c2ccccc21.[Cl-].[Cl-]. The van der Waals surface area contributed by atoms with Crippen molar-refractivity contribution >= 4 is 12.2 Å². The van der Waals surface area contributed by atoms with E-state index >= 15 is 0 Å². The Morgan fingerprint density at radius 3 is 1.31 bits per heavy atom. The maximum Gasteiger partial charge on any atom is -1.00 e. The van der Waals surface area contributed by atoms with Gasteiger partial charge in [-0.1, -0.05) is 0 Å². The molecule has 1 heterocycles. The molecule has 0 bridgehead atoms. The fourth-order valence-electron chi connectivity index (χ4n) is 8.45. The summed E-state index contributed by atoms with van der Waals surface area (Å²) in [6.45, 7) is 0. The van der Waals surface area contributed by atoms with Gasteiger partial charge in [-0.05, 0) is 0 Å². The van der Waals surface area contributed by atoms with E-state index in [0.29, 0.717) is 0 Å². The Labute approximate surface area is 228 Å². The Kier molecular flexibility index (Phi) is 7.78. The van der Waals surface area contributed by atoms with Crippen molar-refractivity contribution < 1.29 is 41.4 Å². The van der Waals surface area contributed by atoms with Crippen LogP contribution in [0, 0.1) is 11.8 Å². The molecule has 0 nitrogen and oxygen atoms in total. The van der Waals surface area contributed by atoms with Crippen molar-refractivity contribution in [2.75, 3.05) is 0 Å². The van der Waals surface area contributed by atoms with Crippen LogP contribution in [0.2, 0.25) is 9.45 Å². The third-order valence-electron chi connectivity index (χ3n) is 10.1. The summed E-state index contributed by atoms with van der Waals surface area (Å²) in [6, 6.07) is 19.1. The number of allylic oxidation sites excluding steroid dienone is 2. The van der Waals surface area contributed by atoms with Crippen LogP contribution in [0.25, 0.3) is 12.2 Å². The van der Waals surface area contributed by atoms with Crippen molar-refractivity contribution in [3.63, 3.8) is 0 Å². The Hall–Kier alpha value is -0.786. The molecule has 0 amide bonds. The quantitative estimate of drug-likeness (QED) is 0.521. The third-order valence-corrected chi connectivity index (χ3v) is 18.2. The molecule has 3 heteroatoms. The van der Waals surface area contributed by atoms with Crippen molar-refractivity contribution in [3.8, 4) is 0 Å². The van der Waals surface area contributed by atoms with E-state index < -0.39 is 16.6 Å². The molecule has 35 heavy (non-hydrogen) atoms. The predicted octanol–water partition coefficient (Wildman–Crippen LogP) is 3.44. The molecule has 2 saturated carbocycles. The van der Waals surface area contributed by atoms with Gasteiger partial charge in [0.05, 0.1) is 0 Å². The van der Waals surface area contributed by atoms with Crippen molar-refractivity contribution in [3.05, 3.63) is 81.9 Å². The van der Waals surface area contributed by atoms with E-state index in [1.54, 1.807) is 31.7 Å². The molecule has 5 aliphatic rings. The fourth-order valence-corrected chi connectivity index (χ4v) is 18.9. The second-order valence-corrected chi connectivity index (χ2v) is 19.0. The van der Waals surface area contributed by atoms with Gasteiger partial charge in [0.1, 0.15) is 0 Å². The normalized spacial score (nSPS) is 26.2. The van der Waals surface area contributed by atoms with Crippen LogP contribution in [0.5, 0.6) is 0 Å². The average Bonchev–Trinajstić information content (AvgIpc) is 3.41. The molecule has 2 aromatic rings. The summed E-state index contributed by atoms with van der Waals surface area (Å²) in [5.74, 6) is 1.72. The number of hydrogen-bond acceptors (Lipinski definition) is 0.